The minimum Gasteiger partial charge on any atom is -0.457 e. The van der Waals surface area contributed by atoms with E-state index in [4.69, 9.17) is 13.9 Å². The second kappa shape index (κ2) is 11.3. The summed E-state index contributed by atoms with van der Waals surface area (Å²) < 4.78 is 18.7. The molecule has 0 amide bonds. The van der Waals surface area contributed by atoms with Gasteiger partial charge in [-0.15, -0.1) is 0 Å². The fraction of sp³-hybridized carbons (Fsp3) is 0.875. The maximum Gasteiger partial charge on any atom is 0.303 e. The van der Waals surface area contributed by atoms with E-state index in [1.54, 1.807) is 0 Å². The molecular formula is C24H46O5Si. The van der Waals surface area contributed by atoms with Crippen molar-refractivity contribution in [2.24, 2.45) is 5.92 Å². The van der Waals surface area contributed by atoms with E-state index in [9.17, 15) is 9.90 Å². The largest absolute Gasteiger partial charge is 0.457 e. The van der Waals surface area contributed by atoms with E-state index in [0.29, 0.717) is 42.5 Å². The first-order valence-corrected chi connectivity index (χ1v) is 13.7. The summed E-state index contributed by atoms with van der Waals surface area (Å²) in [6.07, 6.45) is 1.44. The van der Waals surface area contributed by atoms with E-state index in [0.717, 1.165) is 5.57 Å². The van der Waals surface area contributed by atoms with Crippen molar-refractivity contribution in [3.63, 3.8) is 0 Å². The molecule has 1 saturated heterocycles. The molecule has 6 heteroatoms. The zero-order valence-electron chi connectivity index (χ0n) is 20.8. The molecule has 0 aliphatic carbocycles. The van der Waals surface area contributed by atoms with Gasteiger partial charge in [0.2, 0.25) is 0 Å². The van der Waals surface area contributed by atoms with Crippen molar-refractivity contribution >= 4 is 14.3 Å². The van der Waals surface area contributed by atoms with Gasteiger partial charge >= 0.3 is 5.97 Å². The Morgan fingerprint density at radius 2 is 1.70 bits per heavy atom. The summed E-state index contributed by atoms with van der Waals surface area (Å²) >= 11 is 0. The van der Waals surface area contributed by atoms with Gasteiger partial charge in [-0.1, -0.05) is 55.0 Å². The molecule has 1 fully saturated rings. The maximum atomic E-state index is 11.7. The third-order valence-corrected chi connectivity index (χ3v) is 13.0. The predicted octanol–water partition coefficient (Wildman–Crippen LogP) is 5.62. The molecule has 0 radical (unpaired) electrons. The minimum atomic E-state index is -1.94. The Kier molecular flexibility index (Phi) is 10.3. The summed E-state index contributed by atoms with van der Waals surface area (Å²) in [4.78, 5) is 11.7. The quantitative estimate of drug-likeness (QED) is 0.241. The molecule has 1 aliphatic rings. The van der Waals surface area contributed by atoms with Crippen LogP contribution in [0.2, 0.25) is 16.6 Å². The summed E-state index contributed by atoms with van der Waals surface area (Å²) in [6, 6.07) is 0. The van der Waals surface area contributed by atoms with E-state index < -0.39 is 13.9 Å². The van der Waals surface area contributed by atoms with Gasteiger partial charge in [0.15, 0.2) is 8.32 Å². The Bertz CT molecular complexity index is 552. The molecule has 1 aliphatic heterocycles. The van der Waals surface area contributed by atoms with Gasteiger partial charge in [0.05, 0.1) is 12.2 Å². The lowest BCUT2D eigenvalue weighted by molar-refractivity contribution is -0.161. The Labute approximate surface area is 185 Å². The van der Waals surface area contributed by atoms with Crippen molar-refractivity contribution in [3.8, 4) is 0 Å². The molecule has 0 aromatic rings. The van der Waals surface area contributed by atoms with E-state index in [-0.39, 0.29) is 30.7 Å². The van der Waals surface area contributed by atoms with Crippen LogP contribution in [0.5, 0.6) is 0 Å². The van der Waals surface area contributed by atoms with Crippen LogP contribution in [0, 0.1) is 5.92 Å². The molecule has 176 valence electrons. The maximum absolute atomic E-state index is 11.7. The Morgan fingerprint density at radius 3 is 2.13 bits per heavy atom. The van der Waals surface area contributed by atoms with Crippen LogP contribution in [-0.4, -0.2) is 50.4 Å². The molecular weight excluding hydrogens is 396 g/mol. The third kappa shape index (κ3) is 6.18. The number of ether oxygens (including phenoxy) is 2. The first-order chi connectivity index (χ1) is 13.8. The number of aliphatic hydroxyl groups excluding tert-OH is 1. The summed E-state index contributed by atoms with van der Waals surface area (Å²) in [7, 11) is -1.94. The lowest BCUT2D eigenvalue weighted by atomic mass is 9.88. The van der Waals surface area contributed by atoms with Crippen molar-refractivity contribution in [2.45, 2.75) is 116 Å². The highest BCUT2D eigenvalue weighted by Gasteiger charge is 2.49. The summed E-state index contributed by atoms with van der Waals surface area (Å²) in [5.41, 5.74) is 1.92. The lowest BCUT2D eigenvalue weighted by Crippen LogP contribution is -2.48. The van der Waals surface area contributed by atoms with Gasteiger partial charge in [-0.05, 0) is 42.0 Å². The molecule has 5 nitrogen and oxygen atoms in total. The highest BCUT2D eigenvalue weighted by molar-refractivity contribution is 6.77. The van der Waals surface area contributed by atoms with Crippen molar-refractivity contribution in [1.29, 1.82) is 0 Å². The van der Waals surface area contributed by atoms with E-state index in [1.165, 1.54) is 6.92 Å². The highest BCUT2D eigenvalue weighted by atomic mass is 28.4. The van der Waals surface area contributed by atoms with Gasteiger partial charge in [0.25, 0.3) is 0 Å². The standard InChI is InChI=1S/C24H46O5Si/c1-16(2)30(17(3)4,18(5)6)27-15-19(7)20(8)22-14-24(10,29-21(9)26)23(28-22)12-11-13-25/h16-19,22-23,25H,8,11-15H2,1-7,9-10H3/t19-,22-,23-,24-/m1/s1. The van der Waals surface area contributed by atoms with Crippen LogP contribution in [0.4, 0.5) is 0 Å². The zero-order valence-corrected chi connectivity index (χ0v) is 21.8. The van der Waals surface area contributed by atoms with Crippen molar-refractivity contribution in [1.82, 2.24) is 0 Å². The van der Waals surface area contributed by atoms with Gasteiger partial charge in [0, 0.05) is 32.5 Å². The Balaban J connectivity index is 2.90. The van der Waals surface area contributed by atoms with E-state index in [1.807, 2.05) is 6.92 Å². The molecule has 0 aromatic heterocycles. The smallest absolute Gasteiger partial charge is 0.303 e. The van der Waals surface area contributed by atoms with Gasteiger partial charge < -0.3 is 19.0 Å². The summed E-state index contributed by atoms with van der Waals surface area (Å²) in [5.74, 6) is -0.157. The molecule has 0 saturated carbocycles. The second-order valence-electron chi connectivity index (χ2n) is 10.2. The van der Waals surface area contributed by atoms with Gasteiger partial charge in [-0.2, -0.15) is 0 Å². The Morgan fingerprint density at radius 1 is 1.17 bits per heavy atom. The number of hydrogen-bond donors (Lipinski definition) is 1. The number of aliphatic hydroxyl groups is 1. The Hall–Kier alpha value is -0.693. The molecule has 4 atom stereocenters. The molecule has 0 aromatic carbocycles. The fourth-order valence-electron chi connectivity index (χ4n) is 5.39. The average Bonchev–Trinajstić information content (AvgIpc) is 2.93. The van der Waals surface area contributed by atoms with Crippen LogP contribution in [0.1, 0.15) is 81.6 Å². The molecule has 1 rings (SSSR count). The fourth-order valence-corrected chi connectivity index (χ4v) is 10.9. The van der Waals surface area contributed by atoms with Crippen LogP contribution in [0.3, 0.4) is 0 Å². The van der Waals surface area contributed by atoms with Crippen LogP contribution in [0.15, 0.2) is 12.2 Å². The van der Waals surface area contributed by atoms with Gasteiger partial charge in [-0.25, -0.2) is 0 Å². The van der Waals surface area contributed by atoms with E-state index >= 15 is 0 Å². The normalized spacial score (nSPS) is 25.9. The summed E-state index contributed by atoms with van der Waals surface area (Å²) in [5, 5.41) is 9.23. The molecule has 1 N–H and O–H groups in total. The average molecular weight is 443 g/mol. The van der Waals surface area contributed by atoms with Gasteiger partial charge in [0.1, 0.15) is 5.60 Å². The first-order valence-electron chi connectivity index (χ1n) is 11.6. The third-order valence-electron chi connectivity index (χ3n) is 6.94. The molecule has 0 unspecified atom stereocenters. The second-order valence-corrected chi connectivity index (χ2v) is 15.7. The summed E-state index contributed by atoms with van der Waals surface area (Å²) in [6.45, 7) is 24.4. The monoisotopic (exact) mass is 442 g/mol. The predicted molar refractivity (Wildman–Crippen MR) is 125 cm³/mol. The van der Waals surface area contributed by atoms with Gasteiger partial charge in [-0.3, -0.25) is 4.79 Å². The zero-order chi connectivity index (χ0) is 23.3. The van der Waals surface area contributed by atoms with Crippen LogP contribution in [-0.2, 0) is 18.7 Å². The van der Waals surface area contributed by atoms with Crippen molar-refractivity contribution < 1.29 is 23.8 Å². The lowest BCUT2D eigenvalue weighted by Gasteiger charge is -2.43. The van der Waals surface area contributed by atoms with Crippen LogP contribution >= 0.6 is 0 Å². The van der Waals surface area contributed by atoms with Crippen molar-refractivity contribution in [2.75, 3.05) is 13.2 Å². The SMILES string of the molecule is C=C([C@H](C)CO[Si](C(C)C)(C(C)C)C(C)C)[C@H]1C[C@@](C)(OC(C)=O)[C@@H](CCCO)O1. The number of hydrogen-bond acceptors (Lipinski definition) is 5. The minimum absolute atomic E-state index is 0.0954. The molecule has 0 bridgehead atoms. The highest BCUT2D eigenvalue weighted by Crippen LogP contribution is 2.44. The molecule has 1 heterocycles. The first kappa shape index (κ1) is 27.3. The molecule has 0 spiro atoms. The topological polar surface area (TPSA) is 65.0 Å². The van der Waals surface area contributed by atoms with E-state index in [2.05, 4.69) is 55.0 Å². The van der Waals surface area contributed by atoms with Crippen molar-refractivity contribution in [3.05, 3.63) is 12.2 Å². The van der Waals surface area contributed by atoms with Crippen LogP contribution in [0.25, 0.3) is 0 Å². The van der Waals surface area contributed by atoms with Crippen LogP contribution < -0.4 is 0 Å². The number of carbonyl (C=O) groups excluding carboxylic acids is 1. The number of carbonyl (C=O) groups is 1. The number of rotatable bonds is 12. The number of esters is 1. The molecule has 30 heavy (non-hydrogen) atoms.